The van der Waals surface area contributed by atoms with Crippen LogP contribution >= 0.6 is 35.0 Å². The second-order valence-corrected chi connectivity index (χ2v) is 8.33. The quantitative estimate of drug-likeness (QED) is 0.247. The zero-order chi connectivity index (χ0) is 22.5. The van der Waals surface area contributed by atoms with Gasteiger partial charge in [-0.05, 0) is 55.5 Å². The molecule has 2 aromatic carbocycles. The third-order valence-corrected chi connectivity index (χ3v) is 5.81. The van der Waals surface area contributed by atoms with Gasteiger partial charge >= 0.3 is 5.97 Å². The normalized spacial score (nSPS) is 11.0. The predicted molar refractivity (Wildman–Crippen MR) is 121 cm³/mol. The van der Waals surface area contributed by atoms with Crippen LogP contribution in [0.1, 0.15) is 12.8 Å². The Morgan fingerprint density at radius 3 is 2.28 bits per heavy atom. The van der Waals surface area contributed by atoms with Crippen molar-refractivity contribution in [2.24, 2.45) is 0 Å². The summed E-state index contributed by atoms with van der Waals surface area (Å²) in [7, 11) is 0. The third-order valence-electron chi connectivity index (χ3n) is 4.37. The van der Waals surface area contributed by atoms with Crippen LogP contribution in [0.5, 0.6) is 0 Å². The summed E-state index contributed by atoms with van der Waals surface area (Å²) >= 11 is 13.1. The van der Waals surface area contributed by atoms with Gasteiger partial charge in [-0.2, -0.15) is 0 Å². The summed E-state index contributed by atoms with van der Waals surface area (Å²) in [5.74, 6) is 0.875. The van der Waals surface area contributed by atoms with Gasteiger partial charge in [0.2, 0.25) is 5.89 Å². The van der Waals surface area contributed by atoms with Crippen LogP contribution in [0.2, 0.25) is 10.0 Å². The minimum atomic E-state index is -0.431. The van der Waals surface area contributed by atoms with Gasteiger partial charge in [-0.3, -0.25) is 4.79 Å². The lowest BCUT2D eigenvalue weighted by Gasteiger charge is -2.07. The summed E-state index contributed by atoms with van der Waals surface area (Å²) in [4.78, 5) is 12.2. The lowest BCUT2D eigenvalue weighted by atomic mass is 10.2. The van der Waals surface area contributed by atoms with Crippen molar-refractivity contribution in [1.82, 2.24) is 25.0 Å². The fraction of sp³-hybridized carbons (Fsp3) is 0.190. The lowest BCUT2D eigenvalue weighted by Crippen LogP contribution is -2.09. The molecule has 0 spiro atoms. The predicted octanol–water partition coefficient (Wildman–Crippen LogP) is 5.16. The molecule has 0 aliphatic carbocycles. The summed E-state index contributed by atoms with van der Waals surface area (Å²) < 4.78 is 12.7. The van der Waals surface area contributed by atoms with Crippen LogP contribution in [-0.4, -0.2) is 36.7 Å². The highest BCUT2D eigenvalue weighted by atomic mass is 35.5. The molecule has 32 heavy (non-hydrogen) atoms. The average molecular weight is 490 g/mol. The van der Waals surface area contributed by atoms with Crippen LogP contribution in [0.4, 0.5) is 0 Å². The number of hydrogen-bond donors (Lipinski definition) is 0. The fourth-order valence-corrected chi connectivity index (χ4v) is 3.87. The van der Waals surface area contributed by atoms with Crippen molar-refractivity contribution >= 4 is 40.9 Å². The summed E-state index contributed by atoms with van der Waals surface area (Å²) in [5, 5.41) is 18.2. The maximum absolute atomic E-state index is 12.2. The van der Waals surface area contributed by atoms with E-state index in [1.807, 2.05) is 23.6 Å². The van der Waals surface area contributed by atoms with E-state index in [0.717, 1.165) is 11.1 Å². The summed E-state index contributed by atoms with van der Waals surface area (Å²) in [6.45, 7) is 2.52. The number of rotatable bonds is 8. The van der Waals surface area contributed by atoms with Crippen molar-refractivity contribution in [2.75, 3.05) is 5.75 Å². The van der Waals surface area contributed by atoms with Crippen LogP contribution in [0, 0.1) is 0 Å². The number of nitrogens with zero attached hydrogens (tertiary/aromatic N) is 5. The highest BCUT2D eigenvalue weighted by Gasteiger charge is 2.16. The molecule has 0 aliphatic rings. The number of thioether (sulfide) groups is 1. The second-order valence-electron chi connectivity index (χ2n) is 6.51. The van der Waals surface area contributed by atoms with Crippen LogP contribution in [-0.2, 0) is 22.7 Å². The smallest absolute Gasteiger partial charge is 0.316 e. The molecule has 0 unspecified atom stereocenters. The molecule has 4 rings (SSSR count). The molecular formula is C21H17Cl2N5O3S. The van der Waals surface area contributed by atoms with Gasteiger partial charge in [0.25, 0.3) is 5.89 Å². The molecule has 0 fully saturated rings. The standard InChI is InChI=1S/C21H17Cl2N5O3S/c1-2-28-19(13-3-7-15(22)8-4-13)25-27-21(28)32-12-18(29)30-11-17-24-26-20(31-17)14-5-9-16(23)10-6-14/h3-10H,2,11-12H2,1H3. The van der Waals surface area contributed by atoms with Gasteiger partial charge in [0.15, 0.2) is 17.6 Å². The van der Waals surface area contributed by atoms with E-state index in [2.05, 4.69) is 20.4 Å². The van der Waals surface area contributed by atoms with Gasteiger partial charge in [-0.1, -0.05) is 35.0 Å². The molecule has 2 heterocycles. The van der Waals surface area contributed by atoms with Crippen molar-refractivity contribution in [2.45, 2.75) is 25.2 Å². The first-order chi connectivity index (χ1) is 15.5. The number of halogens is 2. The van der Waals surface area contributed by atoms with Crippen molar-refractivity contribution in [3.63, 3.8) is 0 Å². The van der Waals surface area contributed by atoms with Gasteiger partial charge in [-0.15, -0.1) is 20.4 Å². The van der Waals surface area contributed by atoms with Crippen molar-refractivity contribution < 1.29 is 13.9 Å². The first-order valence-corrected chi connectivity index (χ1v) is 11.3. The van der Waals surface area contributed by atoms with E-state index < -0.39 is 5.97 Å². The summed E-state index contributed by atoms with van der Waals surface area (Å²) in [6.07, 6.45) is 0. The first kappa shape index (κ1) is 22.3. The average Bonchev–Trinajstić information content (AvgIpc) is 3.44. The molecule has 0 N–H and O–H groups in total. The Hall–Kier alpha value is -2.88. The number of esters is 1. The summed E-state index contributed by atoms with van der Waals surface area (Å²) in [6, 6.07) is 14.3. The highest BCUT2D eigenvalue weighted by molar-refractivity contribution is 7.99. The fourth-order valence-electron chi connectivity index (χ4n) is 2.82. The number of ether oxygens (including phenoxy) is 1. The molecular weight excluding hydrogens is 473 g/mol. The maximum atomic E-state index is 12.2. The van der Waals surface area contributed by atoms with Gasteiger partial charge in [-0.25, -0.2) is 0 Å². The molecule has 0 bridgehead atoms. The van der Waals surface area contributed by atoms with Gasteiger partial charge in [0, 0.05) is 27.7 Å². The monoisotopic (exact) mass is 489 g/mol. The number of benzene rings is 2. The van der Waals surface area contributed by atoms with E-state index in [1.165, 1.54) is 11.8 Å². The minimum absolute atomic E-state index is 0.0664. The molecule has 0 amide bonds. The molecule has 0 aliphatic heterocycles. The molecule has 0 atom stereocenters. The molecule has 2 aromatic heterocycles. The Morgan fingerprint density at radius 2 is 1.62 bits per heavy atom. The van der Waals surface area contributed by atoms with E-state index in [1.54, 1.807) is 36.4 Å². The van der Waals surface area contributed by atoms with Crippen LogP contribution in [0.3, 0.4) is 0 Å². The molecule has 0 saturated heterocycles. The maximum Gasteiger partial charge on any atom is 0.316 e. The largest absolute Gasteiger partial charge is 0.455 e. The number of hydrogen-bond acceptors (Lipinski definition) is 8. The number of aromatic nitrogens is 5. The highest BCUT2D eigenvalue weighted by Crippen LogP contribution is 2.25. The van der Waals surface area contributed by atoms with E-state index >= 15 is 0 Å². The number of carbonyl (C=O) groups is 1. The number of carbonyl (C=O) groups excluding carboxylic acids is 1. The van der Waals surface area contributed by atoms with Crippen molar-refractivity contribution in [3.8, 4) is 22.8 Å². The Balaban J connectivity index is 1.33. The molecule has 0 radical (unpaired) electrons. The van der Waals surface area contributed by atoms with Crippen LogP contribution < -0.4 is 0 Å². The van der Waals surface area contributed by atoms with E-state index in [9.17, 15) is 4.79 Å². The molecule has 11 heteroatoms. The van der Waals surface area contributed by atoms with E-state index in [-0.39, 0.29) is 18.3 Å². The second kappa shape index (κ2) is 10.2. The Bertz CT molecular complexity index is 1210. The SMILES string of the molecule is CCn1c(SCC(=O)OCc2nnc(-c3ccc(Cl)cc3)o2)nnc1-c1ccc(Cl)cc1. The third kappa shape index (κ3) is 5.29. The van der Waals surface area contributed by atoms with Gasteiger partial charge in [0.05, 0.1) is 5.75 Å². The molecule has 0 saturated carbocycles. The topological polar surface area (TPSA) is 95.9 Å². The molecule has 4 aromatic rings. The Labute approximate surface area is 197 Å². The Morgan fingerprint density at radius 1 is 0.969 bits per heavy atom. The minimum Gasteiger partial charge on any atom is -0.455 e. The van der Waals surface area contributed by atoms with Crippen LogP contribution in [0.15, 0.2) is 58.1 Å². The van der Waals surface area contributed by atoms with Crippen molar-refractivity contribution in [1.29, 1.82) is 0 Å². The molecule has 8 nitrogen and oxygen atoms in total. The van der Waals surface area contributed by atoms with Gasteiger partial charge in [0.1, 0.15) is 0 Å². The van der Waals surface area contributed by atoms with Gasteiger partial charge < -0.3 is 13.7 Å². The summed E-state index contributed by atoms with van der Waals surface area (Å²) in [5.41, 5.74) is 1.62. The van der Waals surface area contributed by atoms with Crippen LogP contribution in [0.25, 0.3) is 22.8 Å². The zero-order valence-corrected chi connectivity index (χ0v) is 19.2. The van der Waals surface area contributed by atoms with Crippen molar-refractivity contribution in [3.05, 3.63) is 64.5 Å². The zero-order valence-electron chi connectivity index (χ0n) is 16.9. The van der Waals surface area contributed by atoms with E-state index in [4.69, 9.17) is 32.4 Å². The first-order valence-electron chi connectivity index (χ1n) is 9.59. The lowest BCUT2D eigenvalue weighted by molar-refractivity contribution is -0.142. The Kier molecular flexibility index (Phi) is 7.09. The van der Waals surface area contributed by atoms with E-state index in [0.29, 0.717) is 33.5 Å². The molecule has 164 valence electrons.